The number of benzene rings is 1. The van der Waals surface area contributed by atoms with E-state index in [-0.39, 0.29) is 0 Å². The maximum Gasteiger partial charge on any atom is 0.0772 e. The van der Waals surface area contributed by atoms with Crippen molar-refractivity contribution in [2.24, 2.45) is 5.73 Å². The molecule has 4 nitrogen and oxygen atoms in total. The van der Waals surface area contributed by atoms with Gasteiger partial charge in [-0.2, -0.15) is 0 Å². The average Bonchev–Trinajstić information content (AvgIpc) is 2.55. The van der Waals surface area contributed by atoms with Crippen LogP contribution in [-0.2, 0) is 6.54 Å². The van der Waals surface area contributed by atoms with Gasteiger partial charge >= 0.3 is 0 Å². The average molecular weight is 303 g/mol. The number of hydrogen-bond acceptors (Lipinski definition) is 4. The van der Waals surface area contributed by atoms with E-state index < -0.39 is 0 Å². The number of rotatable bonds is 3. The van der Waals surface area contributed by atoms with Crippen LogP contribution in [0.2, 0.25) is 5.02 Å². The molecule has 1 fully saturated rings. The highest BCUT2D eigenvalue weighted by atomic mass is 35.5. The van der Waals surface area contributed by atoms with Crippen molar-refractivity contribution in [2.75, 3.05) is 36.0 Å². The monoisotopic (exact) mass is 302 g/mol. The zero-order valence-electron chi connectivity index (χ0n) is 11.9. The Balaban J connectivity index is 1.72. The van der Waals surface area contributed by atoms with Gasteiger partial charge in [-0.3, -0.25) is 4.98 Å². The highest BCUT2D eigenvalue weighted by Crippen LogP contribution is 2.27. The van der Waals surface area contributed by atoms with Crippen LogP contribution in [0.5, 0.6) is 0 Å². The number of piperazine rings is 1. The first-order valence-corrected chi connectivity index (χ1v) is 7.56. The number of anilines is 2. The molecule has 1 aromatic carbocycles. The largest absolute Gasteiger partial charge is 0.367 e. The lowest BCUT2D eigenvalue weighted by atomic mass is 10.2. The summed E-state index contributed by atoms with van der Waals surface area (Å²) in [6, 6.07) is 12.1. The molecule has 2 N–H and O–H groups in total. The summed E-state index contributed by atoms with van der Waals surface area (Å²) >= 11 is 6.28. The molecular formula is C16H19ClN4. The standard InChI is InChI=1S/C16H19ClN4/c17-13-4-1-2-5-15(13)20-8-10-21(11-9-20)16-6-3-7-19-14(16)12-18/h1-7H,8-12,18H2. The molecule has 5 heteroatoms. The molecule has 0 bridgehead atoms. The summed E-state index contributed by atoms with van der Waals surface area (Å²) in [4.78, 5) is 9.04. The van der Waals surface area contributed by atoms with Gasteiger partial charge in [-0.05, 0) is 24.3 Å². The van der Waals surface area contributed by atoms with Crippen molar-refractivity contribution in [2.45, 2.75) is 6.54 Å². The molecule has 0 unspecified atom stereocenters. The van der Waals surface area contributed by atoms with Gasteiger partial charge in [-0.25, -0.2) is 0 Å². The lowest BCUT2D eigenvalue weighted by Gasteiger charge is -2.38. The third-order valence-corrected chi connectivity index (χ3v) is 4.19. The zero-order valence-corrected chi connectivity index (χ0v) is 12.6. The van der Waals surface area contributed by atoms with Crippen LogP contribution in [0.1, 0.15) is 5.69 Å². The second kappa shape index (κ2) is 6.33. The molecule has 21 heavy (non-hydrogen) atoms. The number of nitrogens with two attached hydrogens (primary N) is 1. The minimum absolute atomic E-state index is 0.473. The van der Waals surface area contributed by atoms with Crippen LogP contribution < -0.4 is 15.5 Å². The summed E-state index contributed by atoms with van der Waals surface area (Å²) in [6.07, 6.45) is 1.80. The quantitative estimate of drug-likeness (QED) is 0.946. The van der Waals surface area contributed by atoms with Crippen LogP contribution in [0.4, 0.5) is 11.4 Å². The van der Waals surface area contributed by atoms with Crippen molar-refractivity contribution < 1.29 is 0 Å². The highest BCUT2D eigenvalue weighted by molar-refractivity contribution is 6.33. The van der Waals surface area contributed by atoms with E-state index in [0.29, 0.717) is 6.54 Å². The van der Waals surface area contributed by atoms with Crippen molar-refractivity contribution in [1.82, 2.24) is 4.98 Å². The third kappa shape index (κ3) is 2.96. The minimum atomic E-state index is 0.473. The third-order valence-electron chi connectivity index (χ3n) is 3.87. The molecule has 0 atom stereocenters. The van der Waals surface area contributed by atoms with E-state index >= 15 is 0 Å². The molecule has 0 aliphatic carbocycles. The summed E-state index contributed by atoms with van der Waals surface area (Å²) < 4.78 is 0. The molecule has 1 aromatic heterocycles. The normalized spacial score (nSPS) is 15.3. The summed E-state index contributed by atoms with van der Waals surface area (Å²) in [5.74, 6) is 0. The van der Waals surface area contributed by atoms with E-state index in [9.17, 15) is 0 Å². The van der Waals surface area contributed by atoms with Gasteiger partial charge in [0, 0.05) is 38.9 Å². The van der Waals surface area contributed by atoms with Gasteiger partial charge in [-0.1, -0.05) is 23.7 Å². The first kappa shape index (κ1) is 14.2. The van der Waals surface area contributed by atoms with Crippen LogP contribution in [0.25, 0.3) is 0 Å². The maximum atomic E-state index is 6.28. The lowest BCUT2D eigenvalue weighted by molar-refractivity contribution is 0.649. The molecule has 2 heterocycles. The zero-order chi connectivity index (χ0) is 14.7. The Morgan fingerprint density at radius 1 is 0.952 bits per heavy atom. The Kier molecular flexibility index (Phi) is 4.27. The van der Waals surface area contributed by atoms with Crippen LogP contribution in [0.3, 0.4) is 0 Å². The van der Waals surface area contributed by atoms with Crippen LogP contribution in [-0.4, -0.2) is 31.2 Å². The molecule has 0 radical (unpaired) electrons. The number of halogens is 1. The van der Waals surface area contributed by atoms with Gasteiger partial charge in [0.05, 0.1) is 22.1 Å². The molecule has 1 aliphatic rings. The fourth-order valence-electron chi connectivity index (χ4n) is 2.77. The van der Waals surface area contributed by atoms with Crippen molar-refractivity contribution in [1.29, 1.82) is 0 Å². The van der Waals surface area contributed by atoms with Crippen molar-refractivity contribution in [3.8, 4) is 0 Å². The number of nitrogens with zero attached hydrogens (tertiary/aromatic N) is 3. The molecular weight excluding hydrogens is 284 g/mol. The van der Waals surface area contributed by atoms with E-state index in [1.165, 1.54) is 0 Å². The molecule has 1 aliphatic heterocycles. The number of hydrogen-bond donors (Lipinski definition) is 1. The van der Waals surface area contributed by atoms with Gasteiger partial charge in [0.25, 0.3) is 0 Å². The Morgan fingerprint density at radius 3 is 2.24 bits per heavy atom. The van der Waals surface area contributed by atoms with Gasteiger partial charge in [0.2, 0.25) is 0 Å². The summed E-state index contributed by atoms with van der Waals surface area (Å²) in [6.45, 7) is 4.26. The first-order valence-electron chi connectivity index (χ1n) is 7.18. The summed E-state index contributed by atoms with van der Waals surface area (Å²) in [5.41, 5.74) is 9.01. The maximum absolute atomic E-state index is 6.28. The van der Waals surface area contributed by atoms with E-state index in [2.05, 4.69) is 26.9 Å². The molecule has 1 saturated heterocycles. The second-order valence-electron chi connectivity index (χ2n) is 5.10. The Hall–Kier alpha value is -1.78. The Labute approximate surface area is 130 Å². The predicted octanol–water partition coefficient (Wildman–Crippen LogP) is 2.52. The number of pyridine rings is 1. The van der Waals surface area contributed by atoms with E-state index in [1.807, 2.05) is 24.3 Å². The SMILES string of the molecule is NCc1ncccc1N1CCN(c2ccccc2Cl)CC1. The second-order valence-corrected chi connectivity index (χ2v) is 5.51. The molecule has 0 spiro atoms. The van der Waals surface area contributed by atoms with Crippen molar-refractivity contribution in [3.63, 3.8) is 0 Å². The van der Waals surface area contributed by atoms with E-state index in [1.54, 1.807) is 6.20 Å². The number of para-hydroxylation sites is 1. The van der Waals surface area contributed by atoms with Gasteiger partial charge < -0.3 is 15.5 Å². The summed E-state index contributed by atoms with van der Waals surface area (Å²) in [7, 11) is 0. The molecule has 2 aromatic rings. The highest BCUT2D eigenvalue weighted by Gasteiger charge is 2.20. The fourth-order valence-corrected chi connectivity index (χ4v) is 3.03. The Morgan fingerprint density at radius 2 is 1.57 bits per heavy atom. The fraction of sp³-hybridized carbons (Fsp3) is 0.312. The van der Waals surface area contributed by atoms with Crippen molar-refractivity contribution >= 4 is 23.0 Å². The topological polar surface area (TPSA) is 45.4 Å². The molecule has 110 valence electrons. The summed E-state index contributed by atoms with van der Waals surface area (Å²) in [5, 5.41) is 0.815. The van der Waals surface area contributed by atoms with Crippen molar-refractivity contribution in [3.05, 3.63) is 53.3 Å². The predicted molar refractivity (Wildman–Crippen MR) is 88.0 cm³/mol. The van der Waals surface area contributed by atoms with Gasteiger partial charge in [0.15, 0.2) is 0 Å². The lowest BCUT2D eigenvalue weighted by Crippen LogP contribution is -2.47. The molecule has 0 amide bonds. The van der Waals surface area contributed by atoms with Crippen LogP contribution >= 0.6 is 11.6 Å². The van der Waals surface area contributed by atoms with Crippen LogP contribution in [0, 0.1) is 0 Å². The number of aromatic nitrogens is 1. The van der Waals surface area contributed by atoms with E-state index in [0.717, 1.165) is 48.3 Å². The van der Waals surface area contributed by atoms with Gasteiger partial charge in [0.1, 0.15) is 0 Å². The van der Waals surface area contributed by atoms with Crippen LogP contribution in [0.15, 0.2) is 42.6 Å². The Bertz CT molecular complexity index is 609. The van der Waals surface area contributed by atoms with E-state index in [4.69, 9.17) is 17.3 Å². The van der Waals surface area contributed by atoms with Gasteiger partial charge in [-0.15, -0.1) is 0 Å². The smallest absolute Gasteiger partial charge is 0.0772 e. The molecule has 3 rings (SSSR count). The first-order chi connectivity index (χ1) is 10.3. The minimum Gasteiger partial charge on any atom is -0.367 e. The molecule has 0 saturated carbocycles.